The van der Waals surface area contributed by atoms with Gasteiger partial charge in [-0.3, -0.25) is 14.5 Å². The van der Waals surface area contributed by atoms with E-state index in [9.17, 15) is 9.59 Å². The summed E-state index contributed by atoms with van der Waals surface area (Å²) < 4.78 is 0. The van der Waals surface area contributed by atoms with E-state index in [1.54, 1.807) is 4.90 Å². The lowest BCUT2D eigenvalue weighted by Gasteiger charge is -2.22. The van der Waals surface area contributed by atoms with E-state index < -0.39 is 0 Å². The van der Waals surface area contributed by atoms with Crippen LogP contribution in [0.1, 0.15) is 12.5 Å². The zero-order valence-electron chi connectivity index (χ0n) is 12.1. The minimum Gasteiger partial charge on any atom is -0.369 e. The zero-order chi connectivity index (χ0) is 15.4. The van der Waals surface area contributed by atoms with Gasteiger partial charge in [0, 0.05) is 44.7 Å². The van der Waals surface area contributed by atoms with Crippen molar-refractivity contribution in [3.8, 4) is 0 Å². The lowest BCUT2D eigenvalue weighted by Crippen LogP contribution is -2.39. The number of amides is 2. The molecular formula is C15H20ClN3O2. The molecule has 2 N–H and O–H groups in total. The van der Waals surface area contributed by atoms with Crippen LogP contribution >= 0.6 is 11.6 Å². The Morgan fingerprint density at radius 3 is 2.62 bits per heavy atom. The molecule has 2 amide bonds. The first-order valence-corrected chi connectivity index (χ1v) is 7.35. The summed E-state index contributed by atoms with van der Waals surface area (Å²) in [6.07, 6.45) is 0. The quantitative estimate of drug-likeness (QED) is 0.909. The Balaban J connectivity index is 2.11. The molecule has 1 fully saturated rings. The van der Waals surface area contributed by atoms with E-state index in [2.05, 4.69) is 4.90 Å². The third-order valence-electron chi connectivity index (χ3n) is 3.80. The van der Waals surface area contributed by atoms with Crippen molar-refractivity contribution in [1.82, 2.24) is 9.80 Å². The second-order valence-electron chi connectivity index (χ2n) is 5.39. The lowest BCUT2D eigenvalue weighted by atomic mass is 10.1. The maximum atomic E-state index is 11.6. The number of hydrogen-bond acceptors (Lipinski definition) is 3. The van der Waals surface area contributed by atoms with Crippen LogP contribution in [0.4, 0.5) is 0 Å². The largest absolute Gasteiger partial charge is 0.369 e. The molecule has 0 bridgehead atoms. The fraction of sp³-hybridized carbons (Fsp3) is 0.467. The molecule has 1 aromatic carbocycles. The first-order chi connectivity index (χ1) is 9.97. The zero-order valence-corrected chi connectivity index (χ0v) is 12.8. The Kier molecular flexibility index (Phi) is 5.20. The summed E-state index contributed by atoms with van der Waals surface area (Å²) >= 11 is 6.18. The topological polar surface area (TPSA) is 66.6 Å². The van der Waals surface area contributed by atoms with Crippen LogP contribution in [0.25, 0.3) is 0 Å². The first kappa shape index (κ1) is 15.8. The van der Waals surface area contributed by atoms with E-state index in [-0.39, 0.29) is 17.7 Å². The summed E-state index contributed by atoms with van der Waals surface area (Å²) in [7, 11) is 0. The predicted octanol–water partition coefficient (Wildman–Crippen LogP) is 1.11. The number of carbonyl (C=O) groups excluding carboxylic acids is 2. The third-order valence-corrected chi connectivity index (χ3v) is 4.17. The van der Waals surface area contributed by atoms with Gasteiger partial charge in [0.2, 0.25) is 11.8 Å². The van der Waals surface area contributed by atoms with E-state index in [4.69, 9.17) is 17.3 Å². The monoisotopic (exact) mass is 309 g/mol. The molecule has 0 saturated carbocycles. The van der Waals surface area contributed by atoms with Gasteiger partial charge in [0.1, 0.15) is 0 Å². The number of nitrogens with two attached hydrogens (primary N) is 1. The van der Waals surface area contributed by atoms with Crippen molar-refractivity contribution in [3.05, 3.63) is 34.9 Å². The smallest absolute Gasteiger partial charge is 0.223 e. The minimum absolute atomic E-state index is 0.0270. The van der Waals surface area contributed by atoms with Gasteiger partial charge in [0.05, 0.1) is 5.92 Å². The van der Waals surface area contributed by atoms with Gasteiger partial charge in [-0.2, -0.15) is 0 Å². The molecule has 0 aromatic heterocycles. The summed E-state index contributed by atoms with van der Waals surface area (Å²) in [6.45, 7) is 4.41. The number of hydrogen-bond donors (Lipinski definition) is 1. The highest BCUT2D eigenvalue weighted by Crippen LogP contribution is 2.19. The molecule has 0 aliphatic carbocycles. The van der Waals surface area contributed by atoms with Crippen LogP contribution in [-0.4, -0.2) is 47.8 Å². The molecule has 5 nitrogen and oxygen atoms in total. The Labute approximate surface area is 129 Å². The van der Waals surface area contributed by atoms with Crippen molar-refractivity contribution in [2.45, 2.75) is 13.5 Å². The summed E-state index contributed by atoms with van der Waals surface area (Å²) in [6, 6.07) is 7.64. The maximum Gasteiger partial charge on any atom is 0.223 e. The van der Waals surface area contributed by atoms with Crippen LogP contribution < -0.4 is 5.73 Å². The van der Waals surface area contributed by atoms with Crippen molar-refractivity contribution < 1.29 is 9.59 Å². The third kappa shape index (κ3) is 4.19. The normalized spacial score (nSPS) is 20.1. The predicted molar refractivity (Wildman–Crippen MR) is 81.7 cm³/mol. The van der Waals surface area contributed by atoms with E-state index in [1.165, 1.54) is 6.92 Å². The van der Waals surface area contributed by atoms with Crippen LogP contribution in [0.5, 0.6) is 0 Å². The highest BCUT2D eigenvalue weighted by atomic mass is 35.5. The van der Waals surface area contributed by atoms with E-state index in [0.29, 0.717) is 37.7 Å². The first-order valence-electron chi connectivity index (χ1n) is 6.98. The van der Waals surface area contributed by atoms with Crippen LogP contribution in [0, 0.1) is 5.92 Å². The molecule has 6 heteroatoms. The summed E-state index contributed by atoms with van der Waals surface area (Å²) in [5.74, 6) is -0.743. The molecule has 21 heavy (non-hydrogen) atoms. The maximum absolute atomic E-state index is 11.6. The molecule has 0 spiro atoms. The summed E-state index contributed by atoms with van der Waals surface area (Å²) in [5, 5.41) is 0.709. The molecule has 114 valence electrons. The summed E-state index contributed by atoms with van der Waals surface area (Å²) in [4.78, 5) is 27.0. The van der Waals surface area contributed by atoms with Crippen molar-refractivity contribution in [1.29, 1.82) is 0 Å². The molecule has 0 radical (unpaired) electrons. The Hall–Kier alpha value is -1.59. The average Bonchev–Trinajstić information content (AvgIpc) is 2.64. The van der Waals surface area contributed by atoms with Gasteiger partial charge < -0.3 is 10.6 Å². The van der Waals surface area contributed by atoms with Crippen molar-refractivity contribution in [3.63, 3.8) is 0 Å². The Morgan fingerprint density at radius 2 is 2.00 bits per heavy atom. The van der Waals surface area contributed by atoms with Gasteiger partial charge in [0.25, 0.3) is 0 Å². The number of benzene rings is 1. The standard InChI is InChI=1S/C15H20ClN3O2/c1-11(20)19-7-6-18(9-13(10-19)15(17)21)8-12-4-2-3-5-14(12)16/h2-5,13H,6-10H2,1H3,(H2,17,21)/t13-/m0/s1. The second kappa shape index (κ2) is 6.91. The second-order valence-corrected chi connectivity index (χ2v) is 5.80. The van der Waals surface area contributed by atoms with Crippen molar-refractivity contribution in [2.75, 3.05) is 26.2 Å². The highest BCUT2D eigenvalue weighted by Gasteiger charge is 2.27. The Bertz CT molecular complexity index is 535. The average molecular weight is 310 g/mol. The molecule has 1 saturated heterocycles. The van der Waals surface area contributed by atoms with Gasteiger partial charge in [-0.25, -0.2) is 0 Å². The van der Waals surface area contributed by atoms with Gasteiger partial charge in [-0.15, -0.1) is 0 Å². The van der Waals surface area contributed by atoms with Crippen molar-refractivity contribution >= 4 is 23.4 Å². The van der Waals surface area contributed by atoms with Crippen LogP contribution in [0.3, 0.4) is 0 Å². The van der Waals surface area contributed by atoms with E-state index >= 15 is 0 Å². The molecule has 1 heterocycles. The van der Waals surface area contributed by atoms with E-state index in [0.717, 1.165) is 5.56 Å². The molecule has 1 aliphatic rings. The van der Waals surface area contributed by atoms with Crippen LogP contribution in [0.2, 0.25) is 5.02 Å². The molecule has 0 unspecified atom stereocenters. The molecule has 1 aromatic rings. The number of nitrogens with zero attached hydrogens (tertiary/aromatic N) is 2. The number of primary amides is 1. The fourth-order valence-electron chi connectivity index (χ4n) is 2.56. The fourth-order valence-corrected chi connectivity index (χ4v) is 2.75. The lowest BCUT2D eigenvalue weighted by molar-refractivity contribution is -0.130. The number of halogens is 1. The minimum atomic E-state index is -0.368. The van der Waals surface area contributed by atoms with Crippen molar-refractivity contribution in [2.24, 2.45) is 11.7 Å². The molecule has 1 atom stereocenters. The van der Waals surface area contributed by atoms with Gasteiger partial charge >= 0.3 is 0 Å². The number of rotatable bonds is 3. The van der Waals surface area contributed by atoms with Gasteiger partial charge in [-0.05, 0) is 11.6 Å². The van der Waals surface area contributed by atoms with Crippen LogP contribution in [0.15, 0.2) is 24.3 Å². The summed E-state index contributed by atoms with van der Waals surface area (Å²) in [5.41, 5.74) is 6.47. The number of carbonyl (C=O) groups is 2. The molecular weight excluding hydrogens is 290 g/mol. The van der Waals surface area contributed by atoms with Gasteiger partial charge in [-0.1, -0.05) is 29.8 Å². The molecule has 1 aliphatic heterocycles. The van der Waals surface area contributed by atoms with Crippen LogP contribution in [-0.2, 0) is 16.1 Å². The Morgan fingerprint density at radius 1 is 1.29 bits per heavy atom. The van der Waals surface area contributed by atoms with E-state index in [1.807, 2.05) is 24.3 Å². The SMILES string of the molecule is CC(=O)N1CCN(Cc2ccccc2Cl)C[C@H](C(N)=O)C1. The highest BCUT2D eigenvalue weighted by molar-refractivity contribution is 6.31. The molecule has 2 rings (SSSR count). The van der Waals surface area contributed by atoms with Gasteiger partial charge in [0.15, 0.2) is 0 Å².